The van der Waals surface area contributed by atoms with Crippen LogP contribution in [0.1, 0.15) is 43.9 Å². The van der Waals surface area contributed by atoms with Gasteiger partial charge in [-0.2, -0.15) is 0 Å². The van der Waals surface area contributed by atoms with E-state index in [0.29, 0.717) is 0 Å². The maximum atomic E-state index is 3.55. The molecular weight excluding hydrogens is 232 g/mol. The van der Waals surface area contributed by atoms with E-state index in [0.717, 1.165) is 13.0 Å². The molecule has 2 rings (SSSR count). The van der Waals surface area contributed by atoms with Gasteiger partial charge in [0.25, 0.3) is 0 Å². The Bertz CT molecular complexity index is 558. The molecule has 0 atom stereocenters. The normalized spacial score (nSPS) is 12.3. The average Bonchev–Trinajstić information content (AvgIpc) is 2.66. The zero-order chi connectivity index (χ0) is 14.0. The first-order chi connectivity index (χ1) is 8.87. The smallest absolute Gasteiger partial charge is 0.0462 e. The molecule has 0 aliphatic heterocycles. The number of fused-ring (bicyclic) bond motifs is 1. The molecule has 0 fully saturated rings. The molecule has 0 amide bonds. The molecule has 1 aromatic heterocycles. The number of aromatic amines is 1. The maximum Gasteiger partial charge on any atom is 0.0462 e. The van der Waals surface area contributed by atoms with E-state index in [2.05, 4.69) is 63.2 Å². The third-order valence-electron chi connectivity index (χ3n) is 3.48. The molecule has 2 nitrogen and oxygen atoms in total. The van der Waals surface area contributed by atoms with Crippen LogP contribution in [0.5, 0.6) is 0 Å². The van der Waals surface area contributed by atoms with Gasteiger partial charge in [0.15, 0.2) is 0 Å². The van der Waals surface area contributed by atoms with Crippen LogP contribution in [0, 0.1) is 13.8 Å². The van der Waals surface area contributed by atoms with Gasteiger partial charge in [0.05, 0.1) is 0 Å². The SMILES string of the molecule is Cc1cc(C)c2c(CCCNC(C)(C)C)c[nH]c2c1. The molecule has 1 aromatic carbocycles. The lowest BCUT2D eigenvalue weighted by Crippen LogP contribution is -2.36. The molecule has 2 N–H and O–H groups in total. The number of aromatic nitrogens is 1. The van der Waals surface area contributed by atoms with Crippen molar-refractivity contribution in [1.29, 1.82) is 0 Å². The molecule has 2 heteroatoms. The summed E-state index contributed by atoms with van der Waals surface area (Å²) in [7, 11) is 0. The van der Waals surface area contributed by atoms with E-state index in [1.54, 1.807) is 0 Å². The second-order valence-corrected chi connectivity index (χ2v) is 6.60. The van der Waals surface area contributed by atoms with Crippen molar-refractivity contribution in [1.82, 2.24) is 10.3 Å². The predicted molar refractivity (Wildman–Crippen MR) is 83.8 cm³/mol. The van der Waals surface area contributed by atoms with Gasteiger partial charge in [0.1, 0.15) is 0 Å². The minimum atomic E-state index is 0.216. The molecule has 0 unspecified atom stereocenters. The Balaban J connectivity index is 2.06. The Labute approximate surface area is 116 Å². The van der Waals surface area contributed by atoms with E-state index in [4.69, 9.17) is 0 Å². The number of aryl methyl sites for hydroxylation is 3. The summed E-state index contributed by atoms with van der Waals surface area (Å²) in [6, 6.07) is 4.51. The van der Waals surface area contributed by atoms with Crippen LogP contribution >= 0.6 is 0 Å². The van der Waals surface area contributed by atoms with E-state index in [-0.39, 0.29) is 5.54 Å². The van der Waals surface area contributed by atoms with Gasteiger partial charge in [-0.05, 0) is 76.8 Å². The maximum absolute atomic E-state index is 3.55. The molecule has 1 heterocycles. The zero-order valence-electron chi connectivity index (χ0n) is 12.9. The van der Waals surface area contributed by atoms with Gasteiger partial charge in [-0.25, -0.2) is 0 Å². The van der Waals surface area contributed by atoms with E-state index >= 15 is 0 Å². The zero-order valence-corrected chi connectivity index (χ0v) is 12.9. The highest BCUT2D eigenvalue weighted by atomic mass is 14.9. The van der Waals surface area contributed by atoms with Gasteiger partial charge in [0, 0.05) is 22.6 Å². The van der Waals surface area contributed by atoms with Crippen molar-refractivity contribution >= 4 is 10.9 Å². The summed E-state index contributed by atoms with van der Waals surface area (Å²) in [5, 5.41) is 4.96. The summed E-state index contributed by atoms with van der Waals surface area (Å²) >= 11 is 0. The van der Waals surface area contributed by atoms with Crippen LogP contribution in [0.3, 0.4) is 0 Å². The third kappa shape index (κ3) is 3.60. The minimum absolute atomic E-state index is 0.216. The molecule has 0 spiro atoms. The Morgan fingerprint density at radius 1 is 1.16 bits per heavy atom. The van der Waals surface area contributed by atoms with Crippen LogP contribution in [-0.4, -0.2) is 17.1 Å². The Kier molecular flexibility index (Phi) is 4.00. The van der Waals surface area contributed by atoms with Crippen molar-refractivity contribution in [3.05, 3.63) is 35.0 Å². The first-order valence-corrected chi connectivity index (χ1v) is 7.19. The topological polar surface area (TPSA) is 27.8 Å². The van der Waals surface area contributed by atoms with Crippen molar-refractivity contribution < 1.29 is 0 Å². The van der Waals surface area contributed by atoms with Crippen molar-refractivity contribution in [3.63, 3.8) is 0 Å². The summed E-state index contributed by atoms with van der Waals surface area (Å²) in [6.07, 6.45) is 4.48. The van der Waals surface area contributed by atoms with Crippen LogP contribution < -0.4 is 5.32 Å². The molecule has 0 bridgehead atoms. The van der Waals surface area contributed by atoms with Crippen LogP contribution in [-0.2, 0) is 6.42 Å². The van der Waals surface area contributed by atoms with Crippen molar-refractivity contribution in [2.75, 3.05) is 6.54 Å². The lowest BCUT2D eigenvalue weighted by molar-refractivity contribution is 0.422. The Hall–Kier alpha value is -1.28. The first kappa shape index (κ1) is 14.1. The molecule has 0 radical (unpaired) electrons. The second kappa shape index (κ2) is 5.38. The number of rotatable bonds is 4. The van der Waals surface area contributed by atoms with Crippen molar-refractivity contribution in [2.45, 2.75) is 53.0 Å². The standard InChI is InChI=1S/C17H26N2/c1-12-9-13(2)16-14(11-18-15(16)10-12)7-6-8-19-17(3,4)5/h9-11,18-19H,6-8H2,1-5H3. The summed E-state index contributed by atoms with van der Waals surface area (Å²) in [6.45, 7) is 12.1. The Morgan fingerprint density at radius 3 is 2.58 bits per heavy atom. The van der Waals surface area contributed by atoms with E-state index in [9.17, 15) is 0 Å². The van der Waals surface area contributed by atoms with Crippen molar-refractivity contribution in [3.8, 4) is 0 Å². The Morgan fingerprint density at radius 2 is 1.89 bits per heavy atom. The number of H-pyrrole nitrogens is 1. The van der Waals surface area contributed by atoms with Crippen LogP contribution in [0.15, 0.2) is 18.3 Å². The lowest BCUT2D eigenvalue weighted by Gasteiger charge is -2.20. The average molecular weight is 258 g/mol. The van der Waals surface area contributed by atoms with Crippen molar-refractivity contribution in [2.24, 2.45) is 0 Å². The fraction of sp³-hybridized carbons (Fsp3) is 0.529. The largest absolute Gasteiger partial charge is 0.361 e. The van der Waals surface area contributed by atoms with E-state index in [1.165, 1.54) is 34.0 Å². The molecule has 2 aromatic rings. The van der Waals surface area contributed by atoms with Crippen LogP contribution in [0.4, 0.5) is 0 Å². The highest BCUT2D eigenvalue weighted by Gasteiger charge is 2.09. The van der Waals surface area contributed by atoms with E-state index < -0.39 is 0 Å². The fourth-order valence-electron chi connectivity index (χ4n) is 2.68. The van der Waals surface area contributed by atoms with Gasteiger partial charge in [-0.3, -0.25) is 0 Å². The van der Waals surface area contributed by atoms with Gasteiger partial charge >= 0.3 is 0 Å². The predicted octanol–water partition coefficient (Wildman–Crippen LogP) is 4.11. The van der Waals surface area contributed by atoms with Crippen LogP contribution in [0.25, 0.3) is 10.9 Å². The summed E-state index contributed by atoms with van der Waals surface area (Å²) in [5.41, 5.74) is 5.65. The highest BCUT2D eigenvalue weighted by Crippen LogP contribution is 2.24. The van der Waals surface area contributed by atoms with Crippen LogP contribution in [0.2, 0.25) is 0 Å². The lowest BCUT2D eigenvalue weighted by atomic mass is 10.0. The third-order valence-corrected chi connectivity index (χ3v) is 3.48. The summed E-state index contributed by atoms with van der Waals surface area (Å²) in [5.74, 6) is 0. The van der Waals surface area contributed by atoms with E-state index in [1.807, 2.05) is 0 Å². The number of hydrogen-bond acceptors (Lipinski definition) is 1. The molecule has 0 saturated carbocycles. The molecule has 19 heavy (non-hydrogen) atoms. The number of benzene rings is 1. The van der Waals surface area contributed by atoms with Gasteiger partial charge in [-0.1, -0.05) is 6.07 Å². The summed E-state index contributed by atoms with van der Waals surface area (Å²) < 4.78 is 0. The minimum Gasteiger partial charge on any atom is -0.361 e. The first-order valence-electron chi connectivity index (χ1n) is 7.19. The fourth-order valence-corrected chi connectivity index (χ4v) is 2.68. The monoisotopic (exact) mass is 258 g/mol. The number of nitrogens with one attached hydrogen (secondary N) is 2. The second-order valence-electron chi connectivity index (χ2n) is 6.60. The summed E-state index contributed by atoms with van der Waals surface area (Å²) in [4.78, 5) is 3.41. The molecule has 104 valence electrons. The van der Waals surface area contributed by atoms with Gasteiger partial charge in [0.2, 0.25) is 0 Å². The quantitative estimate of drug-likeness (QED) is 0.794. The molecule has 0 aliphatic rings. The number of hydrogen-bond donors (Lipinski definition) is 2. The highest BCUT2D eigenvalue weighted by molar-refractivity contribution is 5.87. The van der Waals surface area contributed by atoms with Gasteiger partial charge in [-0.15, -0.1) is 0 Å². The molecule has 0 aliphatic carbocycles. The van der Waals surface area contributed by atoms with Gasteiger partial charge < -0.3 is 10.3 Å². The molecular formula is C17H26N2. The molecule has 0 saturated heterocycles.